The molecule has 0 aromatic rings. The summed E-state index contributed by atoms with van der Waals surface area (Å²) in [7, 11) is 0. The van der Waals surface area contributed by atoms with Crippen LogP contribution < -0.4 is 10.6 Å². The van der Waals surface area contributed by atoms with Gasteiger partial charge in [-0.1, -0.05) is 19.8 Å². The lowest BCUT2D eigenvalue weighted by Gasteiger charge is -2.46. The first-order valence-corrected chi connectivity index (χ1v) is 6.77. The lowest BCUT2D eigenvalue weighted by molar-refractivity contribution is -0.134. The molecule has 1 spiro atoms. The fourth-order valence-corrected chi connectivity index (χ4v) is 3.38. The molecule has 0 aromatic carbocycles. The Hall–Kier alpha value is -0.570. The third-order valence-corrected chi connectivity index (χ3v) is 4.42. The minimum absolute atomic E-state index is 0.281. The van der Waals surface area contributed by atoms with Crippen LogP contribution in [0.15, 0.2) is 0 Å². The first-order valence-electron chi connectivity index (χ1n) is 6.77. The van der Waals surface area contributed by atoms with Gasteiger partial charge in [0.15, 0.2) is 0 Å². The zero-order chi connectivity index (χ0) is 11.4. The Morgan fingerprint density at radius 1 is 1.25 bits per heavy atom. The van der Waals surface area contributed by atoms with Crippen molar-refractivity contribution in [2.75, 3.05) is 19.6 Å². The average Bonchev–Trinajstić information content (AvgIpc) is 2.30. The number of unbranched alkanes of at least 4 members (excludes halogenated alkanes) is 1. The minimum Gasteiger partial charge on any atom is -0.356 e. The maximum Gasteiger partial charge on any atom is 0.223 e. The third-order valence-electron chi connectivity index (χ3n) is 4.42. The van der Waals surface area contributed by atoms with Crippen LogP contribution in [0.4, 0.5) is 0 Å². The van der Waals surface area contributed by atoms with Crippen LogP contribution >= 0.6 is 0 Å². The predicted molar refractivity (Wildman–Crippen MR) is 65.2 cm³/mol. The van der Waals surface area contributed by atoms with Gasteiger partial charge in [0.1, 0.15) is 0 Å². The lowest BCUT2D eigenvalue weighted by atomic mass is 9.63. The van der Waals surface area contributed by atoms with Crippen LogP contribution in [0.3, 0.4) is 0 Å². The molecule has 16 heavy (non-hydrogen) atoms. The van der Waals surface area contributed by atoms with E-state index in [0.29, 0.717) is 11.3 Å². The van der Waals surface area contributed by atoms with E-state index in [1.54, 1.807) is 0 Å². The number of rotatable bonds is 3. The van der Waals surface area contributed by atoms with Gasteiger partial charge in [0, 0.05) is 12.5 Å². The zero-order valence-corrected chi connectivity index (χ0v) is 10.3. The second-order valence-electron chi connectivity index (χ2n) is 5.35. The van der Waals surface area contributed by atoms with Gasteiger partial charge in [-0.05, 0) is 44.2 Å². The minimum atomic E-state index is 0.281. The molecule has 92 valence electrons. The maximum atomic E-state index is 12.0. The first-order chi connectivity index (χ1) is 7.78. The first kappa shape index (κ1) is 11.9. The summed E-state index contributed by atoms with van der Waals surface area (Å²) in [6, 6.07) is 0. The third kappa shape index (κ3) is 2.24. The molecule has 0 saturated carbocycles. The van der Waals surface area contributed by atoms with Gasteiger partial charge in [-0.25, -0.2) is 0 Å². The Kier molecular flexibility index (Phi) is 3.85. The number of hydrogen-bond acceptors (Lipinski definition) is 2. The molecule has 1 unspecified atom stereocenters. The summed E-state index contributed by atoms with van der Waals surface area (Å²) in [5.74, 6) is 0.602. The molecule has 0 bridgehead atoms. The molecule has 2 fully saturated rings. The maximum absolute atomic E-state index is 12.0. The van der Waals surface area contributed by atoms with Crippen molar-refractivity contribution >= 4 is 5.91 Å². The summed E-state index contributed by atoms with van der Waals surface area (Å²) < 4.78 is 0. The van der Waals surface area contributed by atoms with Crippen molar-refractivity contribution in [2.45, 2.75) is 45.4 Å². The van der Waals surface area contributed by atoms with Crippen LogP contribution in [0.1, 0.15) is 45.4 Å². The highest BCUT2D eigenvalue weighted by Gasteiger charge is 2.45. The van der Waals surface area contributed by atoms with E-state index in [-0.39, 0.29) is 5.92 Å². The van der Waals surface area contributed by atoms with Crippen LogP contribution in [0.25, 0.3) is 0 Å². The molecule has 0 aromatic heterocycles. The van der Waals surface area contributed by atoms with Crippen molar-refractivity contribution in [2.24, 2.45) is 11.3 Å². The van der Waals surface area contributed by atoms with Gasteiger partial charge >= 0.3 is 0 Å². The van der Waals surface area contributed by atoms with E-state index in [0.717, 1.165) is 26.1 Å². The fraction of sp³-hybridized carbons (Fsp3) is 0.923. The molecule has 0 radical (unpaired) electrons. The normalized spacial score (nSPS) is 29.1. The predicted octanol–water partition coefficient (Wildman–Crippen LogP) is 1.68. The Morgan fingerprint density at radius 2 is 1.94 bits per heavy atom. The highest BCUT2D eigenvalue weighted by Crippen LogP contribution is 2.44. The summed E-state index contributed by atoms with van der Waals surface area (Å²) in [6.07, 6.45) is 7.03. The van der Waals surface area contributed by atoms with E-state index in [4.69, 9.17) is 0 Å². The van der Waals surface area contributed by atoms with Crippen molar-refractivity contribution in [3.8, 4) is 0 Å². The molecule has 2 saturated heterocycles. The van der Waals surface area contributed by atoms with Crippen molar-refractivity contribution < 1.29 is 4.79 Å². The van der Waals surface area contributed by atoms with Crippen LogP contribution in [0, 0.1) is 11.3 Å². The van der Waals surface area contributed by atoms with E-state index in [9.17, 15) is 4.79 Å². The molecular weight excluding hydrogens is 200 g/mol. The largest absolute Gasteiger partial charge is 0.356 e. The topological polar surface area (TPSA) is 41.1 Å². The summed E-state index contributed by atoms with van der Waals surface area (Å²) in [6.45, 7) is 5.28. The highest BCUT2D eigenvalue weighted by molar-refractivity contribution is 5.80. The van der Waals surface area contributed by atoms with Gasteiger partial charge in [0.2, 0.25) is 5.91 Å². The Labute approximate surface area is 98.4 Å². The van der Waals surface area contributed by atoms with Gasteiger partial charge < -0.3 is 10.6 Å². The van der Waals surface area contributed by atoms with Gasteiger partial charge in [-0.3, -0.25) is 4.79 Å². The van der Waals surface area contributed by atoms with Crippen molar-refractivity contribution in [1.82, 2.24) is 10.6 Å². The quantitative estimate of drug-likeness (QED) is 0.766. The Morgan fingerprint density at radius 3 is 2.62 bits per heavy atom. The second kappa shape index (κ2) is 5.17. The van der Waals surface area contributed by atoms with E-state index in [1.807, 2.05) is 0 Å². The van der Waals surface area contributed by atoms with Crippen molar-refractivity contribution in [3.63, 3.8) is 0 Å². The zero-order valence-electron chi connectivity index (χ0n) is 10.3. The summed E-state index contributed by atoms with van der Waals surface area (Å²) >= 11 is 0. The van der Waals surface area contributed by atoms with Crippen LogP contribution in [-0.2, 0) is 4.79 Å². The van der Waals surface area contributed by atoms with Gasteiger partial charge in [0.05, 0.1) is 0 Å². The molecule has 2 rings (SSSR count). The Bertz CT molecular complexity index is 241. The number of piperidine rings is 2. The lowest BCUT2D eigenvalue weighted by Crippen LogP contribution is -2.53. The molecule has 2 heterocycles. The second-order valence-corrected chi connectivity index (χ2v) is 5.35. The summed E-state index contributed by atoms with van der Waals surface area (Å²) in [5.41, 5.74) is 0.322. The summed E-state index contributed by atoms with van der Waals surface area (Å²) in [4.78, 5) is 12.0. The fourth-order valence-electron chi connectivity index (χ4n) is 3.38. The van der Waals surface area contributed by atoms with Crippen molar-refractivity contribution in [3.05, 3.63) is 0 Å². The van der Waals surface area contributed by atoms with E-state index in [2.05, 4.69) is 17.6 Å². The number of nitrogens with one attached hydrogen (secondary N) is 2. The molecule has 1 atom stereocenters. The summed E-state index contributed by atoms with van der Waals surface area (Å²) in [5, 5.41) is 6.47. The molecule has 2 N–H and O–H groups in total. The Balaban J connectivity index is 2.08. The van der Waals surface area contributed by atoms with E-state index >= 15 is 0 Å². The number of carbonyl (C=O) groups is 1. The SMILES string of the molecule is CCCCC1C(=O)NCCC12CCNCC2. The van der Waals surface area contributed by atoms with Crippen LogP contribution in [0.5, 0.6) is 0 Å². The molecule has 2 aliphatic heterocycles. The van der Waals surface area contributed by atoms with E-state index in [1.165, 1.54) is 32.1 Å². The van der Waals surface area contributed by atoms with E-state index < -0.39 is 0 Å². The highest BCUT2D eigenvalue weighted by atomic mass is 16.2. The number of amides is 1. The van der Waals surface area contributed by atoms with Crippen LogP contribution in [-0.4, -0.2) is 25.5 Å². The molecule has 1 amide bonds. The smallest absolute Gasteiger partial charge is 0.223 e. The van der Waals surface area contributed by atoms with Gasteiger partial charge in [0.25, 0.3) is 0 Å². The molecular formula is C13H24N2O. The van der Waals surface area contributed by atoms with Crippen molar-refractivity contribution in [1.29, 1.82) is 0 Å². The van der Waals surface area contributed by atoms with Gasteiger partial charge in [-0.15, -0.1) is 0 Å². The molecule has 0 aliphatic carbocycles. The molecule has 3 nitrogen and oxygen atoms in total. The number of carbonyl (C=O) groups excluding carboxylic acids is 1. The van der Waals surface area contributed by atoms with Gasteiger partial charge in [-0.2, -0.15) is 0 Å². The number of hydrogen-bond donors (Lipinski definition) is 2. The standard InChI is InChI=1S/C13H24N2O/c1-2-3-4-11-12(16)15-10-7-13(11)5-8-14-9-6-13/h11,14H,2-10H2,1H3,(H,15,16). The van der Waals surface area contributed by atoms with Crippen LogP contribution in [0.2, 0.25) is 0 Å². The average molecular weight is 224 g/mol. The molecule has 2 aliphatic rings. The monoisotopic (exact) mass is 224 g/mol. The molecule has 3 heteroatoms.